The fourth-order valence-electron chi connectivity index (χ4n) is 1.98. The molecule has 0 saturated carbocycles. The lowest BCUT2D eigenvalue weighted by atomic mass is 10.2. The molecule has 0 atom stereocenters. The molecule has 17 heavy (non-hydrogen) atoms. The molecule has 3 aromatic rings. The molecule has 0 spiro atoms. The van der Waals surface area contributed by atoms with Crippen molar-refractivity contribution in [3.8, 4) is 5.69 Å². The molecule has 0 fully saturated rings. The molecule has 0 aliphatic carbocycles. The third-order valence-corrected chi connectivity index (χ3v) is 3.51. The third kappa shape index (κ3) is 1.84. The van der Waals surface area contributed by atoms with E-state index < -0.39 is 0 Å². The van der Waals surface area contributed by atoms with Gasteiger partial charge in [-0.25, -0.2) is 4.98 Å². The first-order valence-corrected chi connectivity index (χ1v) is 6.53. The second kappa shape index (κ2) is 4.14. The molecule has 0 N–H and O–H groups in total. The predicted molar refractivity (Wildman–Crippen MR) is 78.5 cm³/mol. The first kappa shape index (κ1) is 10.8. The quantitative estimate of drug-likeness (QED) is 0.617. The highest BCUT2D eigenvalue weighted by atomic mass is 127. The highest BCUT2D eigenvalue weighted by Crippen LogP contribution is 2.23. The Bertz CT molecular complexity index is 671. The lowest BCUT2D eigenvalue weighted by Gasteiger charge is -2.05. The molecular weight excluding hydrogens is 323 g/mol. The zero-order valence-corrected chi connectivity index (χ0v) is 11.5. The number of nitrogens with zero attached hydrogens (tertiary/aromatic N) is 2. The molecule has 0 unspecified atom stereocenters. The number of aromatic nitrogens is 2. The number of hydrogen-bond acceptors (Lipinski definition) is 1. The molecule has 0 saturated heterocycles. The zero-order chi connectivity index (χ0) is 11.8. The van der Waals surface area contributed by atoms with Crippen molar-refractivity contribution in [3.63, 3.8) is 0 Å². The standard InChI is InChI=1S/C14H11IN2/c1-10-7-8-13-12(9-10)16-14(15)17(13)11-5-3-2-4-6-11/h2-9H,1H3. The number of para-hydroxylation sites is 1. The average molecular weight is 334 g/mol. The Balaban J connectivity index is 2.33. The van der Waals surface area contributed by atoms with Crippen molar-refractivity contribution < 1.29 is 0 Å². The van der Waals surface area contributed by atoms with Gasteiger partial charge in [0.2, 0.25) is 0 Å². The van der Waals surface area contributed by atoms with Gasteiger partial charge < -0.3 is 0 Å². The number of hydrogen-bond donors (Lipinski definition) is 0. The lowest BCUT2D eigenvalue weighted by molar-refractivity contribution is 1.04. The van der Waals surface area contributed by atoms with Crippen LogP contribution in [0.2, 0.25) is 0 Å². The van der Waals surface area contributed by atoms with Gasteiger partial charge in [-0.05, 0) is 36.8 Å². The molecule has 0 aliphatic heterocycles. The minimum absolute atomic E-state index is 0.995. The second-order valence-electron chi connectivity index (χ2n) is 4.04. The minimum atomic E-state index is 0.995. The van der Waals surface area contributed by atoms with Crippen LogP contribution in [-0.4, -0.2) is 9.55 Å². The van der Waals surface area contributed by atoms with Gasteiger partial charge in [0.25, 0.3) is 0 Å². The minimum Gasteiger partial charge on any atom is -0.288 e. The van der Waals surface area contributed by atoms with Gasteiger partial charge >= 0.3 is 0 Å². The van der Waals surface area contributed by atoms with Gasteiger partial charge in [-0.15, -0.1) is 0 Å². The van der Waals surface area contributed by atoms with Gasteiger partial charge in [0.05, 0.1) is 11.0 Å². The first-order valence-electron chi connectivity index (χ1n) is 5.46. The zero-order valence-electron chi connectivity index (χ0n) is 9.39. The smallest absolute Gasteiger partial charge is 0.177 e. The Morgan fingerprint density at radius 3 is 2.59 bits per heavy atom. The second-order valence-corrected chi connectivity index (χ2v) is 5.01. The summed E-state index contributed by atoms with van der Waals surface area (Å²) in [7, 11) is 0. The molecule has 1 aromatic heterocycles. The van der Waals surface area contributed by atoms with Gasteiger partial charge in [-0.1, -0.05) is 24.3 Å². The largest absolute Gasteiger partial charge is 0.288 e. The SMILES string of the molecule is Cc1ccc2c(c1)nc(I)n2-c1ccccc1. The van der Waals surface area contributed by atoms with E-state index in [1.54, 1.807) is 0 Å². The van der Waals surface area contributed by atoms with E-state index in [4.69, 9.17) is 0 Å². The average Bonchev–Trinajstić information content (AvgIpc) is 2.65. The Hall–Kier alpha value is -1.36. The summed E-state index contributed by atoms with van der Waals surface area (Å²) in [6, 6.07) is 16.7. The molecule has 2 nitrogen and oxygen atoms in total. The predicted octanol–water partition coefficient (Wildman–Crippen LogP) is 3.94. The summed E-state index contributed by atoms with van der Waals surface area (Å²) < 4.78 is 3.17. The Kier molecular flexibility index (Phi) is 2.63. The number of rotatable bonds is 1. The van der Waals surface area contributed by atoms with Crippen LogP contribution in [0, 0.1) is 10.8 Å². The van der Waals surface area contributed by atoms with Gasteiger partial charge in [0, 0.05) is 28.3 Å². The van der Waals surface area contributed by atoms with Crippen molar-refractivity contribution in [3.05, 3.63) is 57.9 Å². The van der Waals surface area contributed by atoms with Gasteiger partial charge in [0.15, 0.2) is 3.83 Å². The summed E-state index contributed by atoms with van der Waals surface area (Å²) in [5.41, 5.74) is 4.61. The van der Waals surface area contributed by atoms with E-state index in [-0.39, 0.29) is 0 Å². The van der Waals surface area contributed by atoms with Crippen LogP contribution in [0.5, 0.6) is 0 Å². The van der Waals surface area contributed by atoms with Crippen LogP contribution in [0.4, 0.5) is 0 Å². The molecule has 3 rings (SSSR count). The third-order valence-electron chi connectivity index (χ3n) is 2.78. The van der Waals surface area contributed by atoms with E-state index in [2.05, 4.69) is 69.4 Å². The number of halogens is 1. The van der Waals surface area contributed by atoms with Gasteiger partial charge in [0.1, 0.15) is 0 Å². The lowest BCUT2D eigenvalue weighted by Crippen LogP contribution is -1.95. The Morgan fingerprint density at radius 2 is 1.82 bits per heavy atom. The summed E-state index contributed by atoms with van der Waals surface area (Å²) >= 11 is 2.28. The molecule has 0 radical (unpaired) electrons. The van der Waals surface area contributed by atoms with Crippen LogP contribution in [0.25, 0.3) is 16.7 Å². The van der Waals surface area contributed by atoms with Crippen LogP contribution in [0.15, 0.2) is 48.5 Å². The number of imidazole rings is 1. The molecule has 3 heteroatoms. The molecule has 0 amide bonds. The maximum absolute atomic E-state index is 4.60. The fraction of sp³-hybridized carbons (Fsp3) is 0.0714. The van der Waals surface area contributed by atoms with E-state index in [0.29, 0.717) is 0 Å². The highest BCUT2D eigenvalue weighted by Gasteiger charge is 2.09. The van der Waals surface area contributed by atoms with E-state index in [9.17, 15) is 0 Å². The van der Waals surface area contributed by atoms with Crippen molar-refractivity contribution in [1.82, 2.24) is 9.55 Å². The van der Waals surface area contributed by atoms with Crippen LogP contribution in [-0.2, 0) is 0 Å². The van der Waals surface area contributed by atoms with Crippen molar-refractivity contribution in [2.24, 2.45) is 0 Å². The molecule has 0 bridgehead atoms. The van der Waals surface area contributed by atoms with Crippen molar-refractivity contribution >= 4 is 33.6 Å². The number of fused-ring (bicyclic) bond motifs is 1. The van der Waals surface area contributed by atoms with E-state index in [1.807, 2.05) is 18.2 Å². The molecule has 0 aliphatic rings. The molecule has 2 aromatic carbocycles. The number of benzene rings is 2. The van der Waals surface area contributed by atoms with Crippen LogP contribution in [0.3, 0.4) is 0 Å². The van der Waals surface area contributed by atoms with Gasteiger partial charge in [-0.3, -0.25) is 4.57 Å². The van der Waals surface area contributed by atoms with Crippen LogP contribution >= 0.6 is 22.6 Å². The molecule has 84 valence electrons. The summed E-state index contributed by atoms with van der Waals surface area (Å²) in [6.07, 6.45) is 0. The summed E-state index contributed by atoms with van der Waals surface area (Å²) in [6.45, 7) is 2.09. The monoisotopic (exact) mass is 334 g/mol. The van der Waals surface area contributed by atoms with E-state index in [1.165, 1.54) is 5.56 Å². The van der Waals surface area contributed by atoms with Gasteiger partial charge in [-0.2, -0.15) is 0 Å². The molecular formula is C14H11IN2. The fourth-order valence-corrected chi connectivity index (χ4v) is 2.78. The van der Waals surface area contributed by atoms with E-state index in [0.717, 1.165) is 20.6 Å². The highest BCUT2D eigenvalue weighted by molar-refractivity contribution is 14.1. The van der Waals surface area contributed by atoms with Crippen LogP contribution in [0.1, 0.15) is 5.56 Å². The molecule has 1 heterocycles. The van der Waals surface area contributed by atoms with Crippen LogP contribution < -0.4 is 0 Å². The van der Waals surface area contributed by atoms with E-state index >= 15 is 0 Å². The van der Waals surface area contributed by atoms with Crippen molar-refractivity contribution in [2.75, 3.05) is 0 Å². The number of aryl methyl sites for hydroxylation is 1. The maximum Gasteiger partial charge on any atom is 0.177 e. The normalized spacial score (nSPS) is 10.9. The summed E-state index contributed by atoms with van der Waals surface area (Å²) in [5, 5.41) is 0. The first-order chi connectivity index (χ1) is 8.25. The summed E-state index contributed by atoms with van der Waals surface area (Å²) in [5.74, 6) is 0. The Morgan fingerprint density at radius 1 is 1.06 bits per heavy atom. The van der Waals surface area contributed by atoms with Crippen molar-refractivity contribution in [1.29, 1.82) is 0 Å². The summed E-state index contributed by atoms with van der Waals surface area (Å²) in [4.78, 5) is 4.60. The maximum atomic E-state index is 4.60. The Labute approximate surface area is 113 Å². The van der Waals surface area contributed by atoms with Crippen molar-refractivity contribution in [2.45, 2.75) is 6.92 Å². The topological polar surface area (TPSA) is 17.8 Å².